The summed E-state index contributed by atoms with van der Waals surface area (Å²) in [5, 5.41) is 4.07. The Morgan fingerprint density at radius 2 is 1.76 bits per heavy atom. The number of hydrogen-bond donors (Lipinski definition) is 1. The zero-order chi connectivity index (χ0) is 17.8. The molecular formula is C20H18IN3O. The van der Waals surface area contributed by atoms with E-state index in [1.807, 2.05) is 56.3 Å². The van der Waals surface area contributed by atoms with Gasteiger partial charge >= 0.3 is 0 Å². The standard InChI is InChI=1S/C20H18IN3O/c1-14-10-11-15(2)24(14)18-8-5-7-16(12-18)20(25)23-22-13-17-6-3-4-9-19(17)21/h3-13H,1-2H3,(H,23,25). The number of nitrogens with one attached hydrogen (secondary N) is 1. The van der Waals surface area contributed by atoms with E-state index in [4.69, 9.17) is 0 Å². The molecule has 0 aliphatic carbocycles. The predicted molar refractivity (Wildman–Crippen MR) is 109 cm³/mol. The highest BCUT2D eigenvalue weighted by molar-refractivity contribution is 14.1. The van der Waals surface area contributed by atoms with Gasteiger partial charge in [0.15, 0.2) is 0 Å². The molecule has 0 bridgehead atoms. The molecule has 5 heteroatoms. The number of nitrogens with zero attached hydrogens (tertiary/aromatic N) is 2. The Morgan fingerprint density at radius 1 is 1.04 bits per heavy atom. The summed E-state index contributed by atoms with van der Waals surface area (Å²) in [4.78, 5) is 12.4. The van der Waals surface area contributed by atoms with Crippen molar-refractivity contribution in [3.63, 3.8) is 0 Å². The number of benzene rings is 2. The maximum atomic E-state index is 12.4. The van der Waals surface area contributed by atoms with Crippen molar-refractivity contribution < 1.29 is 4.79 Å². The molecule has 0 saturated carbocycles. The van der Waals surface area contributed by atoms with Crippen LogP contribution in [0.3, 0.4) is 0 Å². The van der Waals surface area contributed by atoms with Gasteiger partial charge in [-0.15, -0.1) is 0 Å². The highest BCUT2D eigenvalue weighted by atomic mass is 127. The van der Waals surface area contributed by atoms with E-state index < -0.39 is 0 Å². The minimum Gasteiger partial charge on any atom is -0.318 e. The first-order valence-electron chi connectivity index (χ1n) is 7.89. The normalized spacial score (nSPS) is 11.0. The molecule has 1 heterocycles. The molecule has 2 aromatic carbocycles. The molecular weight excluding hydrogens is 425 g/mol. The highest BCUT2D eigenvalue weighted by Crippen LogP contribution is 2.17. The summed E-state index contributed by atoms with van der Waals surface area (Å²) in [5.74, 6) is -0.230. The fourth-order valence-electron chi connectivity index (χ4n) is 2.67. The van der Waals surface area contributed by atoms with Crippen LogP contribution in [-0.4, -0.2) is 16.7 Å². The average Bonchev–Trinajstić information content (AvgIpc) is 2.95. The third-order valence-corrected chi connectivity index (χ3v) is 4.90. The van der Waals surface area contributed by atoms with Crippen molar-refractivity contribution in [1.82, 2.24) is 9.99 Å². The third kappa shape index (κ3) is 3.99. The molecule has 0 aliphatic heterocycles. The summed E-state index contributed by atoms with van der Waals surface area (Å²) in [6.45, 7) is 4.09. The molecule has 1 aromatic heterocycles. The summed E-state index contributed by atoms with van der Waals surface area (Å²) in [6.07, 6.45) is 1.66. The molecule has 0 fully saturated rings. The second-order valence-corrected chi connectivity index (χ2v) is 6.88. The predicted octanol–water partition coefficient (Wildman–Crippen LogP) is 4.46. The smallest absolute Gasteiger partial charge is 0.271 e. The van der Waals surface area contributed by atoms with E-state index in [9.17, 15) is 4.79 Å². The van der Waals surface area contributed by atoms with Crippen LogP contribution in [0.1, 0.15) is 27.3 Å². The van der Waals surface area contributed by atoms with E-state index in [-0.39, 0.29) is 5.91 Å². The summed E-state index contributed by atoms with van der Waals surface area (Å²) in [6, 6.07) is 19.5. The van der Waals surface area contributed by atoms with E-state index in [2.05, 4.69) is 49.8 Å². The third-order valence-electron chi connectivity index (χ3n) is 3.91. The molecule has 3 aromatic rings. The Hall–Kier alpha value is -2.41. The van der Waals surface area contributed by atoms with Crippen LogP contribution < -0.4 is 5.43 Å². The minimum atomic E-state index is -0.230. The maximum absolute atomic E-state index is 12.4. The van der Waals surface area contributed by atoms with Crippen molar-refractivity contribution in [3.05, 3.63) is 86.7 Å². The monoisotopic (exact) mass is 443 g/mol. The van der Waals surface area contributed by atoms with E-state index in [1.54, 1.807) is 12.3 Å². The lowest BCUT2D eigenvalue weighted by Gasteiger charge is -2.10. The largest absolute Gasteiger partial charge is 0.318 e. The quantitative estimate of drug-likeness (QED) is 0.361. The first kappa shape index (κ1) is 17.4. The van der Waals surface area contributed by atoms with Crippen molar-refractivity contribution in [2.24, 2.45) is 5.10 Å². The molecule has 1 N–H and O–H groups in total. The first-order valence-corrected chi connectivity index (χ1v) is 8.97. The molecule has 0 atom stereocenters. The fourth-order valence-corrected chi connectivity index (χ4v) is 3.19. The molecule has 0 saturated heterocycles. The zero-order valence-corrected chi connectivity index (χ0v) is 16.2. The summed E-state index contributed by atoms with van der Waals surface area (Å²) in [5.41, 5.74) is 7.37. The molecule has 126 valence electrons. The van der Waals surface area contributed by atoms with E-state index >= 15 is 0 Å². The Morgan fingerprint density at radius 3 is 2.48 bits per heavy atom. The number of carbonyl (C=O) groups excluding carboxylic acids is 1. The molecule has 3 rings (SSSR count). The second-order valence-electron chi connectivity index (χ2n) is 5.72. The van der Waals surface area contributed by atoms with Gasteiger partial charge in [0, 0.05) is 31.8 Å². The van der Waals surface area contributed by atoms with E-state index in [1.165, 1.54) is 0 Å². The number of hydrogen-bond acceptors (Lipinski definition) is 2. The Kier molecular flexibility index (Phi) is 5.33. The van der Waals surface area contributed by atoms with Crippen LogP contribution in [0, 0.1) is 17.4 Å². The Labute approximate surface area is 160 Å². The van der Waals surface area contributed by atoms with Gasteiger partial charge in [-0.25, -0.2) is 5.43 Å². The maximum Gasteiger partial charge on any atom is 0.271 e. The number of halogens is 1. The molecule has 0 radical (unpaired) electrons. The van der Waals surface area contributed by atoms with Gasteiger partial charge in [0.1, 0.15) is 0 Å². The van der Waals surface area contributed by atoms with Crippen molar-refractivity contribution in [2.75, 3.05) is 0 Å². The van der Waals surface area contributed by atoms with Gasteiger partial charge in [-0.2, -0.15) is 5.10 Å². The molecule has 0 spiro atoms. The van der Waals surface area contributed by atoms with Crippen molar-refractivity contribution in [3.8, 4) is 5.69 Å². The zero-order valence-electron chi connectivity index (χ0n) is 14.0. The lowest BCUT2D eigenvalue weighted by molar-refractivity contribution is 0.0955. The number of hydrazone groups is 1. The Balaban J connectivity index is 1.77. The molecule has 0 unspecified atom stereocenters. The first-order chi connectivity index (χ1) is 12.1. The Bertz CT molecular complexity index is 924. The van der Waals surface area contributed by atoms with Crippen LogP contribution >= 0.6 is 22.6 Å². The lowest BCUT2D eigenvalue weighted by atomic mass is 10.2. The van der Waals surface area contributed by atoms with Gasteiger partial charge in [-0.3, -0.25) is 4.79 Å². The summed E-state index contributed by atoms with van der Waals surface area (Å²) >= 11 is 2.24. The van der Waals surface area contributed by atoms with Crippen LogP contribution in [0.5, 0.6) is 0 Å². The second kappa shape index (κ2) is 7.65. The van der Waals surface area contributed by atoms with Gasteiger partial charge in [0.05, 0.1) is 6.21 Å². The van der Waals surface area contributed by atoms with Crippen LogP contribution in [-0.2, 0) is 0 Å². The molecule has 1 amide bonds. The van der Waals surface area contributed by atoms with Gasteiger partial charge in [-0.1, -0.05) is 24.3 Å². The minimum absolute atomic E-state index is 0.230. The molecule has 25 heavy (non-hydrogen) atoms. The van der Waals surface area contributed by atoms with E-state index in [0.29, 0.717) is 5.56 Å². The molecule has 0 aliphatic rings. The van der Waals surface area contributed by atoms with Gasteiger partial charge in [-0.05, 0) is 72.8 Å². The van der Waals surface area contributed by atoms with Gasteiger partial charge in [0.25, 0.3) is 5.91 Å². The van der Waals surface area contributed by atoms with Crippen molar-refractivity contribution in [2.45, 2.75) is 13.8 Å². The van der Waals surface area contributed by atoms with Crippen LogP contribution in [0.2, 0.25) is 0 Å². The van der Waals surface area contributed by atoms with Crippen molar-refractivity contribution in [1.29, 1.82) is 0 Å². The van der Waals surface area contributed by atoms with Crippen LogP contribution in [0.4, 0.5) is 0 Å². The number of rotatable bonds is 4. The number of carbonyl (C=O) groups is 1. The van der Waals surface area contributed by atoms with E-state index in [0.717, 1.165) is 26.2 Å². The topological polar surface area (TPSA) is 46.4 Å². The lowest BCUT2D eigenvalue weighted by Crippen LogP contribution is -2.18. The summed E-state index contributed by atoms with van der Waals surface area (Å²) < 4.78 is 3.20. The average molecular weight is 443 g/mol. The van der Waals surface area contributed by atoms with Gasteiger partial charge < -0.3 is 4.57 Å². The SMILES string of the molecule is Cc1ccc(C)n1-c1cccc(C(=O)NN=Cc2ccccc2I)c1. The van der Waals surface area contributed by atoms with Crippen molar-refractivity contribution >= 4 is 34.7 Å². The van der Waals surface area contributed by atoms with Crippen LogP contribution in [0.15, 0.2) is 65.8 Å². The summed E-state index contributed by atoms with van der Waals surface area (Å²) in [7, 11) is 0. The molecule has 4 nitrogen and oxygen atoms in total. The highest BCUT2D eigenvalue weighted by Gasteiger charge is 2.08. The number of aromatic nitrogens is 1. The van der Waals surface area contributed by atoms with Crippen LogP contribution in [0.25, 0.3) is 5.69 Å². The number of amides is 1. The van der Waals surface area contributed by atoms with Gasteiger partial charge in [0.2, 0.25) is 0 Å². The number of aryl methyl sites for hydroxylation is 2. The fraction of sp³-hybridized carbons (Fsp3) is 0.100.